The van der Waals surface area contributed by atoms with Gasteiger partial charge in [0.05, 0.1) is 0 Å². The molecule has 0 aliphatic heterocycles. The zero-order valence-electron chi connectivity index (χ0n) is 10.5. The molecule has 0 heterocycles. The van der Waals surface area contributed by atoms with E-state index in [1.807, 2.05) is 0 Å². The van der Waals surface area contributed by atoms with E-state index in [0.717, 1.165) is 12.8 Å². The van der Waals surface area contributed by atoms with E-state index in [2.05, 4.69) is 57.2 Å². The van der Waals surface area contributed by atoms with Crippen LogP contribution in [0.1, 0.15) is 50.7 Å². The Hall–Kier alpha value is -1.30. The summed E-state index contributed by atoms with van der Waals surface area (Å²) in [6, 6.07) is 9.04. The minimum Gasteiger partial charge on any atom is -0.0815 e. The molecule has 0 atom stereocenters. The molecule has 0 bridgehead atoms. The largest absolute Gasteiger partial charge is 0.0815 e. The Kier molecular flexibility index (Phi) is 3.28. The van der Waals surface area contributed by atoms with Crippen molar-refractivity contribution in [1.29, 1.82) is 0 Å². The Morgan fingerprint density at radius 2 is 1.69 bits per heavy atom. The summed E-state index contributed by atoms with van der Waals surface area (Å²) in [5.74, 6) is 0.621. The summed E-state index contributed by atoms with van der Waals surface area (Å²) in [7, 11) is 0. The minimum atomic E-state index is 0.621. The van der Waals surface area contributed by atoms with Crippen LogP contribution in [0.25, 0.3) is 5.57 Å². The van der Waals surface area contributed by atoms with Crippen LogP contribution in [0.2, 0.25) is 0 Å². The molecule has 1 aromatic rings. The molecule has 0 saturated heterocycles. The molecule has 0 spiro atoms. The maximum atomic E-state index is 2.34. The molecule has 2 rings (SSSR count). The molecular weight excluding hydrogens is 192 g/mol. The van der Waals surface area contributed by atoms with Gasteiger partial charge in [0.1, 0.15) is 0 Å². The second-order valence-electron chi connectivity index (χ2n) is 4.97. The number of rotatable bonds is 2. The lowest BCUT2D eigenvalue weighted by molar-refractivity contribution is 0.866. The number of benzene rings is 1. The molecule has 0 amide bonds. The molecule has 0 N–H and O–H groups in total. The smallest absolute Gasteiger partial charge is 0.00669 e. The standard InChI is InChI=1S/C16H20/c1-12(2)14-7-9-15(10-8-14)16-6-4-5-13(3)11-16/h5-10,12H,4,11H2,1-3H3. The fourth-order valence-electron chi connectivity index (χ4n) is 2.15. The summed E-state index contributed by atoms with van der Waals surface area (Å²) >= 11 is 0. The van der Waals surface area contributed by atoms with Gasteiger partial charge in [-0.25, -0.2) is 0 Å². The van der Waals surface area contributed by atoms with Crippen LogP contribution in [-0.4, -0.2) is 0 Å². The van der Waals surface area contributed by atoms with E-state index in [1.54, 1.807) is 0 Å². The van der Waals surface area contributed by atoms with E-state index >= 15 is 0 Å². The molecule has 16 heavy (non-hydrogen) atoms. The lowest BCUT2D eigenvalue weighted by Gasteiger charge is -2.14. The summed E-state index contributed by atoms with van der Waals surface area (Å²) < 4.78 is 0. The molecule has 1 aromatic carbocycles. The van der Waals surface area contributed by atoms with E-state index in [4.69, 9.17) is 0 Å². The van der Waals surface area contributed by atoms with Crippen LogP contribution in [0.3, 0.4) is 0 Å². The third-order valence-corrected chi connectivity index (χ3v) is 3.25. The van der Waals surface area contributed by atoms with Crippen LogP contribution >= 0.6 is 0 Å². The number of hydrogen-bond acceptors (Lipinski definition) is 0. The first kappa shape index (κ1) is 11.2. The van der Waals surface area contributed by atoms with E-state index < -0.39 is 0 Å². The van der Waals surface area contributed by atoms with Crippen LogP contribution in [0, 0.1) is 0 Å². The molecule has 0 heteroatoms. The number of hydrogen-bond donors (Lipinski definition) is 0. The summed E-state index contributed by atoms with van der Waals surface area (Å²) in [6.45, 7) is 6.69. The van der Waals surface area contributed by atoms with E-state index in [1.165, 1.54) is 22.3 Å². The van der Waals surface area contributed by atoms with E-state index in [-0.39, 0.29) is 0 Å². The van der Waals surface area contributed by atoms with Crippen LogP contribution < -0.4 is 0 Å². The zero-order valence-corrected chi connectivity index (χ0v) is 10.5. The minimum absolute atomic E-state index is 0.621. The highest BCUT2D eigenvalue weighted by molar-refractivity contribution is 5.69. The Morgan fingerprint density at radius 3 is 2.25 bits per heavy atom. The van der Waals surface area contributed by atoms with Gasteiger partial charge in [-0.2, -0.15) is 0 Å². The molecule has 0 aromatic heterocycles. The van der Waals surface area contributed by atoms with Gasteiger partial charge in [0.15, 0.2) is 0 Å². The van der Waals surface area contributed by atoms with Gasteiger partial charge in [0.2, 0.25) is 0 Å². The molecule has 0 saturated carbocycles. The molecule has 0 fully saturated rings. The van der Waals surface area contributed by atoms with Crippen LogP contribution in [-0.2, 0) is 0 Å². The summed E-state index contributed by atoms with van der Waals surface area (Å²) in [5, 5.41) is 0. The summed E-state index contributed by atoms with van der Waals surface area (Å²) in [6.07, 6.45) is 6.86. The van der Waals surface area contributed by atoms with Gasteiger partial charge in [-0.05, 0) is 42.4 Å². The van der Waals surface area contributed by atoms with Crippen molar-refractivity contribution in [3.8, 4) is 0 Å². The Morgan fingerprint density at radius 1 is 1.00 bits per heavy atom. The van der Waals surface area contributed by atoms with Crippen molar-refractivity contribution in [1.82, 2.24) is 0 Å². The predicted octanol–water partition coefficient (Wildman–Crippen LogP) is 4.93. The highest BCUT2D eigenvalue weighted by Gasteiger charge is 2.06. The van der Waals surface area contributed by atoms with E-state index in [9.17, 15) is 0 Å². The Labute approximate surface area is 98.7 Å². The van der Waals surface area contributed by atoms with Crippen molar-refractivity contribution in [3.05, 3.63) is 53.1 Å². The van der Waals surface area contributed by atoms with Gasteiger partial charge in [-0.3, -0.25) is 0 Å². The maximum Gasteiger partial charge on any atom is -0.00669 e. The maximum absolute atomic E-state index is 2.34. The first-order valence-corrected chi connectivity index (χ1v) is 6.12. The average Bonchev–Trinajstić information content (AvgIpc) is 2.29. The van der Waals surface area contributed by atoms with Crippen molar-refractivity contribution >= 4 is 5.57 Å². The van der Waals surface area contributed by atoms with Crippen LogP contribution in [0.5, 0.6) is 0 Å². The lowest BCUT2D eigenvalue weighted by Crippen LogP contribution is -1.93. The van der Waals surface area contributed by atoms with Crippen LogP contribution in [0.15, 0.2) is 42.0 Å². The first-order valence-electron chi connectivity index (χ1n) is 6.12. The quantitative estimate of drug-likeness (QED) is 0.609. The molecular formula is C16H20. The van der Waals surface area contributed by atoms with Crippen molar-refractivity contribution in [2.75, 3.05) is 0 Å². The second-order valence-corrected chi connectivity index (χ2v) is 4.97. The lowest BCUT2D eigenvalue weighted by atomic mass is 9.92. The zero-order chi connectivity index (χ0) is 11.5. The highest BCUT2D eigenvalue weighted by Crippen LogP contribution is 2.27. The Bertz CT molecular complexity index is 416. The SMILES string of the molecule is CC1=CCC=C(c2ccc(C(C)C)cc2)C1. The third-order valence-electron chi connectivity index (χ3n) is 3.25. The van der Waals surface area contributed by atoms with Gasteiger partial charge in [0.25, 0.3) is 0 Å². The van der Waals surface area contributed by atoms with Gasteiger partial charge in [-0.1, -0.05) is 55.8 Å². The third kappa shape index (κ3) is 2.44. The normalized spacial score (nSPS) is 16.0. The second kappa shape index (κ2) is 4.69. The molecule has 0 radical (unpaired) electrons. The fraction of sp³-hybridized carbons (Fsp3) is 0.375. The van der Waals surface area contributed by atoms with Crippen molar-refractivity contribution in [3.63, 3.8) is 0 Å². The summed E-state index contributed by atoms with van der Waals surface area (Å²) in [5.41, 5.74) is 5.78. The molecule has 0 unspecified atom stereocenters. The van der Waals surface area contributed by atoms with Crippen molar-refractivity contribution < 1.29 is 0 Å². The predicted molar refractivity (Wildman–Crippen MR) is 71.5 cm³/mol. The van der Waals surface area contributed by atoms with Gasteiger partial charge in [0, 0.05) is 0 Å². The summed E-state index contributed by atoms with van der Waals surface area (Å²) in [4.78, 5) is 0. The monoisotopic (exact) mass is 212 g/mol. The molecule has 1 aliphatic rings. The van der Waals surface area contributed by atoms with Gasteiger partial charge < -0.3 is 0 Å². The Balaban J connectivity index is 2.19. The highest BCUT2D eigenvalue weighted by atomic mass is 14.1. The molecule has 1 aliphatic carbocycles. The fourth-order valence-corrected chi connectivity index (χ4v) is 2.15. The van der Waals surface area contributed by atoms with E-state index in [0.29, 0.717) is 5.92 Å². The number of allylic oxidation sites excluding steroid dienone is 4. The van der Waals surface area contributed by atoms with Gasteiger partial charge >= 0.3 is 0 Å². The average molecular weight is 212 g/mol. The van der Waals surface area contributed by atoms with Gasteiger partial charge in [-0.15, -0.1) is 0 Å². The molecule has 84 valence electrons. The van der Waals surface area contributed by atoms with Crippen molar-refractivity contribution in [2.24, 2.45) is 0 Å². The first-order chi connectivity index (χ1) is 7.66. The topological polar surface area (TPSA) is 0 Å². The van der Waals surface area contributed by atoms with Crippen molar-refractivity contribution in [2.45, 2.75) is 39.5 Å². The van der Waals surface area contributed by atoms with Crippen LogP contribution in [0.4, 0.5) is 0 Å². The molecule has 0 nitrogen and oxygen atoms in total.